The molecular weight excluding hydrogens is 196 g/mol. The van der Waals surface area contributed by atoms with Crippen LogP contribution in [0.5, 0.6) is 0 Å². The van der Waals surface area contributed by atoms with E-state index < -0.39 is 0 Å². The first-order valence-corrected chi connectivity index (χ1v) is 4.90. The molecule has 2 nitrogen and oxygen atoms in total. The van der Waals surface area contributed by atoms with Gasteiger partial charge >= 0.3 is 0 Å². The molecule has 14 heavy (non-hydrogen) atoms. The van der Waals surface area contributed by atoms with Crippen LogP contribution >= 0.6 is 11.6 Å². The van der Waals surface area contributed by atoms with Gasteiger partial charge in [0.15, 0.2) is 0 Å². The summed E-state index contributed by atoms with van der Waals surface area (Å²) in [6.45, 7) is 2.08. The molecule has 72 valence electrons. The Bertz CT molecular complexity index is 409. The summed E-state index contributed by atoms with van der Waals surface area (Å²) >= 11 is 6.09. The molecule has 0 aliphatic carbocycles. The third-order valence-corrected chi connectivity index (χ3v) is 2.62. The maximum absolute atomic E-state index is 6.09. The highest BCUT2D eigenvalue weighted by molar-refractivity contribution is 6.31. The molecule has 1 aromatic heterocycles. The number of hydrogen-bond donors (Lipinski definition) is 0. The summed E-state index contributed by atoms with van der Waals surface area (Å²) in [5, 5.41) is 4.98. The van der Waals surface area contributed by atoms with Crippen molar-refractivity contribution in [2.75, 3.05) is 0 Å². The molecule has 0 N–H and O–H groups in total. The van der Waals surface area contributed by atoms with Crippen molar-refractivity contribution in [2.24, 2.45) is 0 Å². The molecule has 0 spiro atoms. The minimum Gasteiger partial charge on any atom is -0.265 e. The van der Waals surface area contributed by atoms with Crippen LogP contribution in [0.25, 0.3) is 0 Å². The molecule has 0 saturated heterocycles. The molecule has 1 heterocycles. The third-order valence-electron chi connectivity index (χ3n) is 2.28. The Morgan fingerprint density at radius 3 is 2.71 bits per heavy atom. The zero-order valence-corrected chi connectivity index (χ0v) is 8.65. The maximum Gasteiger partial charge on any atom is 0.0754 e. The number of hydrogen-bond acceptors (Lipinski definition) is 1. The SMILES string of the molecule is C[C@@H](c1ccccc1Cl)n1cccn1. The third kappa shape index (κ3) is 1.66. The van der Waals surface area contributed by atoms with Crippen LogP contribution in [0.2, 0.25) is 5.02 Å². The summed E-state index contributed by atoms with van der Waals surface area (Å²) in [5.41, 5.74) is 1.10. The van der Waals surface area contributed by atoms with Gasteiger partial charge in [0.1, 0.15) is 0 Å². The van der Waals surface area contributed by atoms with Crippen LogP contribution in [0.3, 0.4) is 0 Å². The second-order valence-corrected chi connectivity index (χ2v) is 3.59. The molecule has 1 aromatic carbocycles. The molecule has 0 aliphatic rings. The van der Waals surface area contributed by atoms with Crippen LogP contribution in [0, 0.1) is 0 Å². The monoisotopic (exact) mass is 206 g/mol. The molecule has 0 radical (unpaired) electrons. The fourth-order valence-corrected chi connectivity index (χ4v) is 1.76. The molecule has 1 atom stereocenters. The second-order valence-electron chi connectivity index (χ2n) is 3.18. The molecule has 0 bridgehead atoms. The molecule has 0 aliphatic heterocycles. The van der Waals surface area contributed by atoms with Gasteiger partial charge in [-0.15, -0.1) is 0 Å². The highest BCUT2D eigenvalue weighted by Crippen LogP contribution is 2.24. The Kier molecular flexibility index (Phi) is 2.55. The van der Waals surface area contributed by atoms with Crippen molar-refractivity contribution in [3.05, 3.63) is 53.3 Å². The molecule has 0 amide bonds. The Hall–Kier alpha value is -1.28. The van der Waals surface area contributed by atoms with Crippen LogP contribution in [-0.4, -0.2) is 9.78 Å². The number of nitrogens with zero attached hydrogens (tertiary/aromatic N) is 2. The smallest absolute Gasteiger partial charge is 0.0754 e. The van der Waals surface area contributed by atoms with Gasteiger partial charge in [-0.05, 0) is 24.6 Å². The summed E-state index contributed by atoms with van der Waals surface area (Å²) in [6, 6.07) is 9.93. The van der Waals surface area contributed by atoms with Gasteiger partial charge in [0.05, 0.1) is 6.04 Å². The summed E-state index contributed by atoms with van der Waals surface area (Å²) < 4.78 is 1.89. The van der Waals surface area contributed by atoms with Gasteiger partial charge in [0, 0.05) is 17.4 Å². The summed E-state index contributed by atoms with van der Waals surface area (Å²) in [7, 11) is 0. The van der Waals surface area contributed by atoms with E-state index in [0.717, 1.165) is 10.6 Å². The molecular formula is C11H11ClN2. The van der Waals surface area contributed by atoms with E-state index in [-0.39, 0.29) is 6.04 Å². The lowest BCUT2D eigenvalue weighted by atomic mass is 10.1. The first kappa shape index (κ1) is 9.28. The zero-order chi connectivity index (χ0) is 9.97. The average molecular weight is 207 g/mol. The second kappa shape index (κ2) is 3.84. The quantitative estimate of drug-likeness (QED) is 0.738. The summed E-state index contributed by atoms with van der Waals surface area (Å²) in [5.74, 6) is 0. The van der Waals surface area contributed by atoms with Crippen molar-refractivity contribution in [1.82, 2.24) is 9.78 Å². The first-order chi connectivity index (χ1) is 6.79. The van der Waals surface area contributed by atoms with Crippen LogP contribution < -0.4 is 0 Å². The average Bonchev–Trinajstić information content (AvgIpc) is 2.70. The first-order valence-electron chi connectivity index (χ1n) is 4.52. The predicted molar refractivity (Wildman–Crippen MR) is 57.5 cm³/mol. The summed E-state index contributed by atoms with van der Waals surface area (Å²) in [6.07, 6.45) is 3.71. The maximum atomic E-state index is 6.09. The van der Waals surface area contributed by atoms with Gasteiger partial charge in [-0.1, -0.05) is 29.8 Å². The highest BCUT2D eigenvalue weighted by atomic mass is 35.5. The number of halogens is 1. The van der Waals surface area contributed by atoms with Gasteiger partial charge in [-0.25, -0.2) is 0 Å². The van der Waals surface area contributed by atoms with Gasteiger partial charge in [0.2, 0.25) is 0 Å². The van der Waals surface area contributed by atoms with Crippen LogP contribution in [0.1, 0.15) is 18.5 Å². The Labute approximate surface area is 88.1 Å². The Morgan fingerprint density at radius 1 is 1.29 bits per heavy atom. The van der Waals surface area contributed by atoms with Crippen molar-refractivity contribution in [3.8, 4) is 0 Å². The minimum atomic E-state index is 0.179. The lowest BCUT2D eigenvalue weighted by Crippen LogP contribution is -2.07. The van der Waals surface area contributed by atoms with Crippen molar-refractivity contribution in [2.45, 2.75) is 13.0 Å². The fourth-order valence-electron chi connectivity index (χ4n) is 1.47. The van der Waals surface area contributed by atoms with Crippen molar-refractivity contribution in [3.63, 3.8) is 0 Å². The van der Waals surface area contributed by atoms with Crippen LogP contribution in [0.15, 0.2) is 42.7 Å². The van der Waals surface area contributed by atoms with Crippen molar-refractivity contribution >= 4 is 11.6 Å². The molecule has 2 aromatic rings. The zero-order valence-electron chi connectivity index (χ0n) is 7.89. The van der Waals surface area contributed by atoms with Gasteiger partial charge < -0.3 is 0 Å². The lowest BCUT2D eigenvalue weighted by Gasteiger charge is -2.13. The van der Waals surface area contributed by atoms with Gasteiger partial charge in [-0.2, -0.15) is 5.10 Å². The van der Waals surface area contributed by atoms with E-state index in [1.807, 2.05) is 41.2 Å². The van der Waals surface area contributed by atoms with Crippen LogP contribution in [0.4, 0.5) is 0 Å². The Balaban J connectivity index is 2.37. The van der Waals surface area contributed by atoms with E-state index in [9.17, 15) is 0 Å². The molecule has 3 heteroatoms. The minimum absolute atomic E-state index is 0.179. The van der Waals surface area contributed by atoms with E-state index in [1.54, 1.807) is 6.20 Å². The number of rotatable bonds is 2. The van der Waals surface area contributed by atoms with E-state index in [0.29, 0.717) is 0 Å². The van der Waals surface area contributed by atoms with E-state index in [2.05, 4.69) is 12.0 Å². The number of benzene rings is 1. The van der Waals surface area contributed by atoms with E-state index in [1.165, 1.54) is 0 Å². The summed E-state index contributed by atoms with van der Waals surface area (Å²) in [4.78, 5) is 0. The van der Waals surface area contributed by atoms with Crippen LogP contribution in [-0.2, 0) is 0 Å². The van der Waals surface area contributed by atoms with Crippen molar-refractivity contribution in [1.29, 1.82) is 0 Å². The van der Waals surface area contributed by atoms with Crippen molar-refractivity contribution < 1.29 is 0 Å². The van der Waals surface area contributed by atoms with Gasteiger partial charge in [-0.3, -0.25) is 4.68 Å². The fraction of sp³-hybridized carbons (Fsp3) is 0.182. The predicted octanol–water partition coefficient (Wildman–Crippen LogP) is 3.15. The normalized spacial score (nSPS) is 12.7. The van der Waals surface area contributed by atoms with E-state index in [4.69, 9.17) is 11.6 Å². The molecule has 0 fully saturated rings. The lowest BCUT2D eigenvalue weighted by molar-refractivity contribution is 0.565. The number of aromatic nitrogens is 2. The molecule has 2 rings (SSSR count). The largest absolute Gasteiger partial charge is 0.265 e. The molecule has 0 saturated carbocycles. The molecule has 0 unspecified atom stereocenters. The van der Waals surface area contributed by atoms with E-state index >= 15 is 0 Å². The standard InChI is InChI=1S/C11H11ClN2/c1-9(14-8-4-7-13-14)10-5-2-3-6-11(10)12/h2-9H,1H3/t9-/m0/s1. The Morgan fingerprint density at radius 2 is 2.07 bits per heavy atom. The van der Waals surface area contributed by atoms with Gasteiger partial charge in [0.25, 0.3) is 0 Å². The topological polar surface area (TPSA) is 17.8 Å². The highest BCUT2D eigenvalue weighted by Gasteiger charge is 2.10.